The molecular formula is C18H32N2O5. The van der Waals surface area contributed by atoms with Gasteiger partial charge < -0.3 is 25.6 Å². The minimum absolute atomic E-state index is 0.225. The van der Waals surface area contributed by atoms with Crippen molar-refractivity contribution in [1.82, 2.24) is 10.6 Å². The van der Waals surface area contributed by atoms with Crippen molar-refractivity contribution in [3.8, 4) is 0 Å². The van der Waals surface area contributed by atoms with Gasteiger partial charge in [0.1, 0.15) is 12.1 Å². The lowest BCUT2D eigenvalue weighted by molar-refractivity contribution is -0.146. The summed E-state index contributed by atoms with van der Waals surface area (Å²) in [5, 5.41) is 25.7. The lowest BCUT2D eigenvalue weighted by atomic mass is 10.0. The molecule has 0 aromatic heterocycles. The zero-order chi connectivity index (χ0) is 18.8. The molecule has 1 aliphatic heterocycles. The van der Waals surface area contributed by atoms with Crippen LogP contribution in [-0.4, -0.2) is 60.0 Å². The van der Waals surface area contributed by atoms with Crippen molar-refractivity contribution in [2.45, 2.75) is 70.3 Å². The molecule has 1 heterocycles. The molecular weight excluding hydrogens is 324 g/mol. The first-order chi connectivity index (χ1) is 11.9. The van der Waals surface area contributed by atoms with E-state index in [2.05, 4.69) is 24.5 Å². The number of rotatable bonds is 9. The number of carbonyl (C=O) groups excluding carboxylic acids is 2. The van der Waals surface area contributed by atoms with Crippen molar-refractivity contribution in [2.24, 2.45) is 5.92 Å². The summed E-state index contributed by atoms with van der Waals surface area (Å²) in [6.07, 6.45) is 3.48. The summed E-state index contributed by atoms with van der Waals surface area (Å²) in [4.78, 5) is 24.3. The Morgan fingerprint density at radius 3 is 2.80 bits per heavy atom. The van der Waals surface area contributed by atoms with Gasteiger partial charge in [-0.15, -0.1) is 0 Å². The van der Waals surface area contributed by atoms with Gasteiger partial charge >= 0.3 is 0 Å². The number of allylic oxidation sites excluding steroid dienone is 1. The predicted octanol–water partition coefficient (Wildman–Crippen LogP) is 0.501. The summed E-state index contributed by atoms with van der Waals surface area (Å²) < 4.78 is 5.07. The number of methoxy groups -OCH3 is 1. The van der Waals surface area contributed by atoms with Crippen LogP contribution >= 0.6 is 0 Å². The first kappa shape index (κ1) is 21.6. The molecule has 144 valence electrons. The molecule has 0 radical (unpaired) electrons. The number of aliphatic hydroxyl groups excluding tert-OH is 2. The Morgan fingerprint density at radius 1 is 1.44 bits per heavy atom. The Bertz CT molecular complexity index is 455. The van der Waals surface area contributed by atoms with Crippen LogP contribution < -0.4 is 10.6 Å². The fraction of sp³-hybridized carbons (Fsp3) is 0.778. The molecule has 0 aliphatic carbocycles. The molecule has 1 aliphatic rings. The first-order valence-corrected chi connectivity index (χ1v) is 9.04. The molecule has 0 saturated carbocycles. The van der Waals surface area contributed by atoms with Gasteiger partial charge in [0.25, 0.3) is 5.91 Å². The summed E-state index contributed by atoms with van der Waals surface area (Å²) in [6, 6.07) is -0.637. The molecule has 4 N–H and O–H groups in total. The third-order valence-corrected chi connectivity index (χ3v) is 4.55. The van der Waals surface area contributed by atoms with Gasteiger partial charge in [-0.3, -0.25) is 9.59 Å². The summed E-state index contributed by atoms with van der Waals surface area (Å²) in [5.74, 6) is -0.436. The van der Waals surface area contributed by atoms with Gasteiger partial charge in [0.15, 0.2) is 6.10 Å². The quantitative estimate of drug-likeness (QED) is 0.450. The maximum atomic E-state index is 12.4. The number of amides is 2. The largest absolute Gasteiger partial charge is 0.390 e. The number of hydrogen-bond donors (Lipinski definition) is 4. The number of carbonyl (C=O) groups is 2. The van der Waals surface area contributed by atoms with E-state index in [1.165, 1.54) is 7.11 Å². The Kier molecular flexibility index (Phi) is 9.70. The third-order valence-electron chi connectivity index (χ3n) is 4.55. The van der Waals surface area contributed by atoms with Crippen LogP contribution in [0.2, 0.25) is 0 Å². The van der Waals surface area contributed by atoms with Gasteiger partial charge in [-0.05, 0) is 31.6 Å². The zero-order valence-electron chi connectivity index (χ0n) is 15.4. The highest BCUT2D eigenvalue weighted by Crippen LogP contribution is 2.12. The fourth-order valence-electron chi connectivity index (χ4n) is 2.66. The second-order valence-corrected chi connectivity index (χ2v) is 6.61. The predicted molar refractivity (Wildman–Crippen MR) is 94.8 cm³/mol. The molecule has 5 atom stereocenters. The number of nitrogens with one attached hydrogen (secondary N) is 2. The second kappa shape index (κ2) is 11.2. The van der Waals surface area contributed by atoms with Crippen molar-refractivity contribution in [3.63, 3.8) is 0 Å². The smallest absolute Gasteiger partial charge is 0.252 e. The van der Waals surface area contributed by atoms with E-state index in [-0.39, 0.29) is 12.3 Å². The third kappa shape index (κ3) is 7.13. The van der Waals surface area contributed by atoms with Crippen molar-refractivity contribution < 1.29 is 24.5 Å². The first-order valence-electron chi connectivity index (χ1n) is 9.04. The second-order valence-electron chi connectivity index (χ2n) is 6.61. The Balaban J connectivity index is 2.60. The molecule has 25 heavy (non-hydrogen) atoms. The highest BCUT2D eigenvalue weighted by atomic mass is 16.5. The van der Waals surface area contributed by atoms with Crippen molar-refractivity contribution in [3.05, 3.63) is 12.2 Å². The number of ether oxygens (including phenoxy) is 1. The fourth-order valence-corrected chi connectivity index (χ4v) is 2.66. The molecule has 1 saturated heterocycles. The van der Waals surface area contributed by atoms with Gasteiger partial charge in [-0.1, -0.05) is 32.4 Å². The molecule has 0 aromatic carbocycles. The zero-order valence-corrected chi connectivity index (χ0v) is 15.4. The van der Waals surface area contributed by atoms with Crippen molar-refractivity contribution in [1.29, 1.82) is 0 Å². The average Bonchev–Trinajstić information content (AvgIpc) is 2.79. The maximum Gasteiger partial charge on any atom is 0.252 e. The van der Waals surface area contributed by atoms with Crippen molar-refractivity contribution >= 4 is 11.8 Å². The molecule has 7 nitrogen and oxygen atoms in total. The average molecular weight is 356 g/mol. The van der Waals surface area contributed by atoms with E-state index in [4.69, 9.17) is 4.74 Å². The molecule has 0 bridgehead atoms. The number of aliphatic hydroxyl groups is 2. The van der Waals surface area contributed by atoms with Gasteiger partial charge in [0.05, 0.1) is 6.10 Å². The van der Waals surface area contributed by atoms with Crippen molar-refractivity contribution in [2.75, 3.05) is 13.7 Å². The topological polar surface area (TPSA) is 108 Å². The number of hydrogen-bond acceptors (Lipinski definition) is 5. The molecule has 1 rings (SSSR count). The van der Waals surface area contributed by atoms with Crippen LogP contribution in [0.4, 0.5) is 0 Å². The van der Waals surface area contributed by atoms with Crippen LogP contribution in [0.3, 0.4) is 0 Å². The van der Waals surface area contributed by atoms with Crippen LogP contribution in [-0.2, 0) is 14.3 Å². The molecule has 1 unspecified atom stereocenters. The van der Waals surface area contributed by atoms with E-state index in [0.29, 0.717) is 18.9 Å². The Hall–Kier alpha value is -1.44. The van der Waals surface area contributed by atoms with E-state index >= 15 is 0 Å². The monoisotopic (exact) mass is 356 g/mol. The van der Waals surface area contributed by atoms with Gasteiger partial charge in [-0.2, -0.15) is 0 Å². The van der Waals surface area contributed by atoms with Gasteiger partial charge in [-0.25, -0.2) is 0 Å². The minimum Gasteiger partial charge on any atom is -0.390 e. The molecule has 0 aromatic rings. The highest BCUT2D eigenvalue weighted by molar-refractivity contribution is 5.89. The van der Waals surface area contributed by atoms with Crippen LogP contribution in [0.5, 0.6) is 0 Å². The van der Waals surface area contributed by atoms with E-state index in [9.17, 15) is 19.8 Å². The minimum atomic E-state index is -1.37. The lowest BCUT2D eigenvalue weighted by Gasteiger charge is -2.26. The standard InChI is InChI=1S/C18H32N2O5/c1-4-12(2)8-7-10-14(21)15(22)16(25-3)18(24)20-13-9-5-6-11-19-17(13)23/h7-8,12-16,21-22H,4-6,9-11H2,1-3H3,(H,19,23)(H,20,24)/b8-7+/t12?,13-,14-,15+,16+/m0/s1. The summed E-state index contributed by atoms with van der Waals surface area (Å²) >= 11 is 0. The van der Waals surface area contributed by atoms with Crippen LogP contribution in [0, 0.1) is 5.92 Å². The highest BCUT2D eigenvalue weighted by Gasteiger charge is 2.34. The van der Waals surface area contributed by atoms with Crippen LogP contribution in [0.15, 0.2) is 12.2 Å². The Labute approximate surface area is 149 Å². The van der Waals surface area contributed by atoms with E-state index in [1.807, 2.05) is 6.08 Å². The molecule has 2 amide bonds. The molecule has 7 heteroatoms. The summed E-state index contributed by atoms with van der Waals surface area (Å²) in [6.45, 7) is 4.72. The lowest BCUT2D eigenvalue weighted by Crippen LogP contribution is -2.53. The normalized spacial score (nSPS) is 23.4. The van der Waals surface area contributed by atoms with Gasteiger partial charge in [0, 0.05) is 13.7 Å². The van der Waals surface area contributed by atoms with E-state index < -0.39 is 30.3 Å². The van der Waals surface area contributed by atoms with Crippen LogP contribution in [0.1, 0.15) is 46.0 Å². The molecule has 1 fully saturated rings. The van der Waals surface area contributed by atoms with E-state index in [0.717, 1.165) is 19.3 Å². The molecule has 0 spiro atoms. The summed E-state index contributed by atoms with van der Waals surface area (Å²) in [5.41, 5.74) is 0. The van der Waals surface area contributed by atoms with Crippen LogP contribution in [0.25, 0.3) is 0 Å². The maximum absolute atomic E-state index is 12.4. The Morgan fingerprint density at radius 2 is 2.16 bits per heavy atom. The van der Waals surface area contributed by atoms with E-state index in [1.54, 1.807) is 6.08 Å². The van der Waals surface area contributed by atoms with Gasteiger partial charge in [0.2, 0.25) is 5.91 Å². The summed E-state index contributed by atoms with van der Waals surface area (Å²) in [7, 11) is 1.29. The SMILES string of the molecule is CCC(C)/C=C/C[C@H](O)[C@@H](O)[C@@H](OC)C(=O)N[C@H]1CCCCNC1=O.